The highest BCUT2D eigenvalue weighted by molar-refractivity contribution is 7.11. The van der Waals surface area contributed by atoms with Crippen molar-refractivity contribution < 1.29 is 0 Å². The molecule has 1 fully saturated rings. The van der Waals surface area contributed by atoms with Crippen LogP contribution < -0.4 is 5.32 Å². The summed E-state index contributed by atoms with van der Waals surface area (Å²) in [6.07, 6.45) is 2.77. The van der Waals surface area contributed by atoms with Gasteiger partial charge in [-0.3, -0.25) is 4.90 Å². The van der Waals surface area contributed by atoms with Crippen molar-refractivity contribution in [2.24, 2.45) is 5.92 Å². The van der Waals surface area contributed by atoms with Gasteiger partial charge in [-0.15, -0.1) is 11.3 Å². The van der Waals surface area contributed by atoms with E-state index in [-0.39, 0.29) is 0 Å². The van der Waals surface area contributed by atoms with E-state index in [1.807, 2.05) is 11.3 Å². The molecule has 1 saturated heterocycles. The van der Waals surface area contributed by atoms with Crippen molar-refractivity contribution in [3.63, 3.8) is 0 Å². The maximum absolute atomic E-state index is 3.57. The van der Waals surface area contributed by atoms with Gasteiger partial charge < -0.3 is 5.32 Å². The van der Waals surface area contributed by atoms with Crippen LogP contribution in [0.3, 0.4) is 0 Å². The quantitative estimate of drug-likeness (QED) is 0.823. The Morgan fingerprint density at radius 3 is 2.94 bits per heavy atom. The Hall–Kier alpha value is -0.380. The Kier molecular flexibility index (Phi) is 5.22. The predicted molar refractivity (Wildman–Crippen MR) is 80.2 cm³/mol. The lowest BCUT2D eigenvalue weighted by molar-refractivity contribution is 0.115. The number of aryl methyl sites for hydroxylation is 1. The van der Waals surface area contributed by atoms with Crippen molar-refractivity contribution in [3.05, 3.63) is 21.9 Å². The van der Waals surface area contributed by atoms with E-state index in [9.17, 15) is 0 Å². The predicted octanol–water partition coefficient (Wildman–Crippen LogP) is 3.27. The fourth-order valence-electron chi connectivity index (χ4n) is 2.75. The molecular weight excluding hydrogens is 240 g/mol. The average molecular weight is 266 g/mol. The van der Waals surface area contributed by atoms with E-state index in [1.54, 1.807) is 0 Å². The molecule has 102 valence electrons. The van der Waals surface area contributed by atoms with E-state index in [4.69, 9.17) is 0 Å². The molecule has 0 aromatic carbocycles. The molecule has 2 unspecified atom stereocenters. The first kappa shape index (κ1) is 14.0. The van der Waals surface area contributed by atoms with Gasteiger partial charge in [0.2, 0.25) is 0 Å². The van der Waals surface area contributed by atoms with Crippen LogP contribution in [-0.2, 0) is 6.54 Å². The standard InChI is InChI=1S/C15H26N2S/c1-12-5-4-9-17(14(12)3)10-8-16-11-15-7-6-13(2)18-15/h6-7,12,14,16H,4-5,8-11H2,1-3H3. The summed E-state index contributed by atoms with van der Waals surface area (Å²) in [4.78, 5) is 5.50. The lowest BCUT2D eigenvalue weighted by Gasteiger charge is -2.37. The van der Waals surface area contributed by atoms with E-state index >= 15 is 0 Å². The molecule has 0 aliphatic carbocycles. The normalized spacial score (nSPS) is 25.5. The van der Waals surface area contributed by atoms with E-state index in [0.29, 0.717) is 0 Å². The molecule has 0 radical (unpaired) electrons. The largest absolute Gasteiger partial charge is 0.311 e. The lowest BCUT2D eigenvalue weighted by atomic mass is 9.92. The van der Waals surface area contributed by atoms with Gasteiger partial charge in [-0.25, -0.2) is 0 Å². The fourth-order valence-corrected chi connectivity index (χ4v) is 3.61. The number of hydrogen-bond acceptors (Lipinski definition) is 3. The van der Waals surface area contributed by atoms with E-state index in [1.165, 1.54) is 35.7 Å². The summed E-state index contributed by atoms with van der Waals surface area (Å²) in [6.45, 7) is 11.5. The first-order valence-electron chi connectivity index (χ1n) is 7.17. The molecule has 18 heavy (non-hydrogen) atoms. The lowest BCUT2D eigenvalue weighted by Crippen LogP contribution is -2.45. The second-order valence-corrected chi connectivity index (χ2v) is 6.96. The maximum atomic E-state index is 3.57. The van der Waals surface area contributed by atoms with Crippen molar-refractivity contribution in [1.29, 1.82) is 0 Å². The second-order valence-electron chi connectivity index (χ2n) is 5.59. The SMILES string of the molecule is Cc1ccc(CNCCN2CCCC(C)C2C)s1. The van der Waals surface area contributed by atoms with Gasteiger partial charge in [0.15, 0.2) is 0 Å². The molecule has 2 atom stereocenters. The van der Waals surface area contributed by atoms with Crippen LogP contribution in [0.15, 0.2) is 12.1 Å². The van der Waals surface area contributed by atoms with Gasteiger partial charge in [0, 0.05) is 35.4 Å². The van der Waals surface area contributed by atoms with Crippen LogP contribution in [0.2, 0.25) is 0 Å². The molecule has 2 rings (SSSR count). The van der Waals surface area contributed by atoms with Crippen LogP contribution in [0.25, 0.3) is 0 Å². The molecule has 2 nitrogen and oxygen atoms in total. The highest BCUT2D eigenvalue weighted by Crippen LogP contribution is 2.22. The summed E-state index contributed by atoms with van der Waals surface area (Å²) in [5.41, 5.74) is 0. The molecule has 3 heteroatoms. The highest BCUT2D eigenvalue weighted by Gasteiger charge is 2.23. The summed E-state index contributed by atoms with van der Waals surface area (Å²) in [5.74, 6) is 0.860. The van der Waals surface area contributed by atoms with Crippen molar-refractivity contribution in [1.82, 2.24) is 10.2 Å². The molecule has 2 heterocycles. The third-order valence-corrected chi connectivity index (χ3v) is 5.18. The van der Waals surface area contributed by atoms with E-state index in [2.05, 4.69) is 43.1 Å². The molecule has 0 amide bonds. The van der Waals surface area contributed by atoms with Gasteiger partial charge >= 0.3 is 0 Å². The molecular formula is C15H26N2S. The summed E-state index contributed by atoms with van der Waals surface area (Å²) in [6, 6.07) is 5.19. The smallest absolute Gasteiger partial charge is 0.0300 e. The summed E-state index contributed by atoms with van der Waals surface area (Å²) in [7, 11) is 0. The van der Waals surface area contributed by atoms with Gasteiger partial charge in [0.05, 0.1) is 0 Å². The number of likely N-dealkylation sites (tertiary alicyclic amines) is 1. The van der Waals surface area contributed by atoms with Crippen molar-refractivity contribution in [2.75, 3.05) is 19.6 Å². The number of piperidine rings is 1. The Morgan fingerprint density at radius 1 is 1.39 bits per heavy atom. The van der Waals surface area contributed by atoms with Crippen LogP contribution in [0.1, 0.15) is 36.4 Å². The minimum atomic E-state index is 0.754. The Balaban J connectivity index is 1.66. The van der Waals surface area contributed by atoms with Gasteiger partial charge in [-0.05, 0) is 51.3 Å². The minimum absolute atomic E-state index is 0.754. The van der Waals surface area contributed by atoms with Crippen molar-refractivity contribution in [3.8, 4) is 0 Å². The zero-order chi connectivity index (χ0) is 13.0. The number of nitrogens with one attached hydrogen (secondary N) is 1. The number of rotatable bonds is 5. The van der Waals surface area contributed by atoms with E-state index < -0.39 is 0 Å². The monoisotopic (exact) mass is 266 g/mol. The highest BCUT2D eigenvalue weighted by atomic mass is 32.1. The maximum Gasteiger partial charge on any atom is 0.0300 e. The topological polar surface area (TPSA) is 15.3 Å². The molecule has 1 aromatic rings. The molecule has 1 aliphatic heterocycles. The zero-order valence-electron chi connectivity index (χ0n) is 11.9. The van der Waals surface area contributed by atoms with Crippen molar-refractivity contribution in [2.45, 2.75) is 46.2 Å². The third kappa shape index (κ3) is 3.81. The molecule has 0 spiro atoms. The van der Waals surface area contributed by atoms with Gasteiger partial charge in [-0.2, -0.15) is 0 Å². The van der Waals surface area contributed by atoms with Crippen LogP contribution >= 0.6 is 11.3 Å². The molecule has 1 aliphatic rings. The van der Waals surface area contributed by atoms with Crippen LogP contribution in [0.5, 0.6) is 0 Å². The summed E-state index contributed by atoms with van der Waals surface area (Å²) < 4.78 is 0. The fraction of sp³-hybridized carbons (Fsp3) is 0.733. The van der Waals surface area contributed by atoms with Crippen molar-refractivity contribution >= 4 is 11.3 Å². The van der Waals surface area contributed by atoms with Gasteiger partial charge in [0.1, 0.15) is 0 Å². The molecule has 0 bridgehead atoms. The average Bonchev–Trinajstić information content (AvgIpc) is 2.76. The first-order chi connectivity index (χ1) is 8.66. The Morgan fingerprint density at radius 2 is 2.22 bits per heavy atom. The number of nitrogens with zero attached hydrogens (tertiary/aromatic N) is 1. The first-order valence-corrected chi connectivity index (χ1v) is 7.98. The summed E-state index contributed by atoms with van der Waals surface area (Å²) >= 11 is 1.90. The van der Waals surface area contributed by atoms with Gasteiger partial charge in [-0.1, -0.05) is 6.92 Å². The third-order valence-electron chi connectivity index (χ3n) is 4.18. The molecule has 1 N–H and O–H groups in total. The minimum Gasteiger partial charge on any atom is -0.311 e. The van der Waals surface area contributed by atoms with Crippen LogP contribution in [-0.4, -0.2) is 30.6 Å². The zero-order valence-corrected chi connectivity index (χ0v) is 12.7. The number of hydrogen-bond donors (Lipinski definition) is 1. The molecule has 1 aromatic heterocycles. The Labute approximate surface area is 115 Å². The number of thiophene rings is 1. The molecule has 0 saturated carbocycles. The Bertz CT molecular complexity index is 361. The van der Waals surface area contributed by atoms with Crippen LogP contribution in [0.4, 0.5) is 0 Å². The summed E-state index contributed by atoms with van der Waals surface area (Å²) in [5, 5.41) is 3.57. The van der Waals surface area contributed by atoms with E-state index in [0.717, 1.165) is 25.0 Å². The van der Waals surface area contributed by atoms with Crippen LogP contribution in [0, 0.1) is 12.8 Å². The van der Waals surface area contributed by atoms with Gasteiger partial charge in [0.25, 0.3) is 0 Å². The second kappa shape index (κ2) is 6.69.